The molecule has 0 amide bonds. The van der Waals surface area contributed by atoms with Crippen molar-refractivity contribution in [3.8, 4) is 0 Å². The van der Waals surface area contributed by atoms with Gasteiger partial charge in [0, 0.05) is 49.3 Å². The second kappa shape index (κ2) is 22.2. The van der Waals surface area contributed by atoms with E-state index in [1.807, 2.05) is 73.7 Å². The fourth-order valence-corrected chi connectivity index (χ4v) is 4.49. The molecule has 3 aromatic carbocycles. The van der Waals surface area contributed by atoms with Gasteiger partial charge in [0.25, 0.3) is 0 Å². The van der Waals surface area contributed by atoms with Crippen molar-refractivity contribution < 1.29 is 111 Å². The van der Waals surface area contributed by atoms with E-state index in [-0.39, 0.29) is 101 Å². The average molecular weight is 709 g/mol. The van der Waals surface area contributed by atoms with Gasteiger partial charge in [-0.05, 0) is 10.9 Å². The Labute approximate surface area is 332 Å². The Balaban J connectivity index is 0.000000335. The SMILES string of the molecule is CC(CO)(CO)CO.CC1(CO)COB(c2ccccc2)OC1.CC12CO[B-](c3ccccc3)(OC1)OC2.OB(O)c1ccccc1.[K+].[OH-]. The van der Waals surface area contributed by atoms with E-state index in [2.05, 4.69) is 6.92 Å². The molecule has 4 heterocycles. The predicted molar refractivity (Wildman–Crippen MR) is 184 cm³/mol. The summed E-state index contributed by atoms with van der Waals surface area (Å²) in [5.41, 5.74) is 1.62. The maximum absolute atomic E-state index is 9.15. The Bertz CT molecular complexity index is 1240. The number of rotatable bonds is 7. The number of aliphatic hydroxyl groups excluding tert-OH is 4. The van der Waals surface area contributed by atoms with Gasteiger partial charge in [-0.2, -0.15) is 0 Å². The van der Waals surface area contributed by atoms with E-state index in [1.165, 1.54) is 0 Å². The molecule has 4 aliphatic rings. The van der Waals surface area contributed by atoms with E-state index < -0.39 is 19.3 Å². The molecule has 16 heteroatoms. The van der Waals surface area contributed by atoms with E-state index >= 15 is 0 Å². The molecule has 4 saturated heterocycles. The second-order valence-corrected chi connectivity index (χ2v) is 13.2. The van der Waals surface area contributed by atoms with Crippen LogP contribution in [0.2, 0.25) is 0 Å². The summed E-state index contributed by atoms with van der Waals surface area (Å²) in [6.45, 7) is 6.81. The summed E-state index contributed by atoms with van der Waals surface area (Å²) in [6.07, 6.45) is 0. The monoisotopic (exact) mass is 709 g/mol. The molecule has 0 aliphatic carbocycles. The first-order valence-corrected chi connectivity index (χ1v) is 15.7. The zero-order valence-corrected chi connectivity index (χ0v) is 32.1. The van der Waals surface area contributed by atoms with E-state index in [1.54, 1.807) is 31.2 Å². The van der Waals surface area contributed by atoms with Crippen LogP contribution in [-0.4, -0.2) is 116 Å². The van der Waals surface area contributed by atoms with E-state index in [9.17, 15) is 0 Å². The minimum atomic E-state index is -1.65. The van der Waals surface area contributed by atoms with Crippen LogP contribution in [0.15, 0.2) is 91.0 Å². The molecule has 4 fully saturated rings. The Morgan fingerprint density at radius 1 is 0.694 bits per heavy atom. The summed E-state index contributed by atoms with van der Waals surface area (Å²) in [6, 6.07) is 28.4. The normalized spacial score (nSPS) is 21.9. The molecular formula is C33H49B3KO12-. The summed E-state index contributed by atoms with van der Waals surface area (Å²) in [5, 5.41) is 51.7. The largest absolute Gasteiger partial charge is 1.00 e. The van der Waals surface area contributed by atoms with Gasteiger partial charge < -0.3 is 59.2 Å². The Morgan fingerprint density at radius 2 is 1.10 bits per heavy atom. The van der Waals surface area contributed by atoms with E-state index in [0.29, 0.717) is 18.7 Å². The Kier molecular flexibility index (Phi) is 20.8. The molecular weight excluding hydrogens is 660 g/mol. The molecule has 0 spiro atoms. The summed E-state index contributed by atoms with van der Waals surface area (Å²) in [4.78, 5) is 0. The Hall–Kier alpha value is -0.989. The maximum atomic E-state index is 9.15. The quantitative estimate of drug-likeness (QED) is 0.133. The van der Waals surface area contributed by atoms with Crippen LogP contribution in [0.3, 0.4) is 0 Å². The average Bonchev–Trinajstić information content (AvgIpc) is 3.14. The fraction of sp³-hybridized carbons (Fsp3) is 0.455. The first-order valence-electron chi connectivity index (χ1n) is 15.7. The molecule has 12 nitrogen and oxygen atoms in total. The summed E-state index contributed by atoms with van der Waals surface area (Å²) in [5.74, 6) is 0. The van der Waals surface area contributed by atoms with Crippen LogP contribution in [0.4, 0.5) is 0 Å². The van der Waals surface area contributed by atoms with Crippen LogP contribution in [-0.2, 0) is 23.3 Å². The second-order valence-electron chi connectivity index (χ2n) is 13.2. The van der Waals surface area contributed by atoms with Crippen molar-refractivity contribution >= 4 is 37.4 Å². The molecule has 2 bridgehead atoms. The molecule has 264 valence electrons. The maximum Gasteiger partial charge on any atom is 1.00 e. The molecule has 4 aliphatic heterocycles. The summed E-state index contributed by atoms with van der Waals surface area (Å²) < 4.78 is 28.5. The van der Waals surface area contributed by atoms with Crippen LogP contribution < -0.4 is 67.8 Å². The summed E-state index contributed by atoms with van der Waals surface area (Å²) in [7, 11) is -1.63. The van der Waals surface area contributed by atoms with Crippen molar-refractivity contribution in [1.29, 1.82) is 0 Å². The van der Waals surface area contributed by atoms with Gasteiger partial charge in [0.15, 0.2) is 0 Å². The smallest absolute Gasteiger partial charge is 0.870 e. The molecule has 7 rings (SSSR count). The van der Waals surface area contributed by atoms with Crippen molar-refractivity contribution in [2.75, 3.05) is 59.5 Å². The molecule has 49 heavy (non-hydrogen) atoms. The van der Waals surface area contributed by atoms with Crippen LogP contribution in [0.1, 0.15) is 20.8 Å². The van der Waals surface area contributed by atoms with Crippen molar-refractivity contribution in [2.24, 2.45) is 16.2 Å². The van der Waals surface area contributed by atoms with Gasteiger partial charge >= 0.3 is 72.4 Å². The zero-order valence-electron chi connectivity index (χ0n) is 28.9. The molecule has 0 atom stereocenters. The van der Waals surface area contributed by atoms with Crippen molar-refractivity contribution in [3.63, 3.8) is 0 Å². The number of aliphatic hydroxyl groups is 4. The van der Waals surface area contributed by atoms with Crippen LogP contribution in [0.25, 0.3) is 0 Å². The third kappa shape index (κ3) is 14.2. The minimum Gasteiger partial charge on any atom is -0.870 e. The number of hydrogen-bond donors (Lipinski definition) is 6. The molecule has 0 radical (unpaired) electrons. The van der Waals surface area contributed by atoms with E-state index in [4.69, 9.17) is 53.7 Å². The minimum absolute atomic E-state index is 0. The van der Waals surface area contributed by atoms with Crippen molar-refractivity contribution in [3.05, 3.63) is 91.0 Å². The van der Waals surface area contributed by atoms with Gasteiger partial charge in [0.1, 0.15) is 0 Å². The van der Waals surface area contributed by atoms with Gasteiger partial charge in [-0.25, -0.2) is 0 Å². The topological polar surface area (TPSA) is 198 Å². The third-order valence-corrected chi connectivity index (χ3v) is 8.02. The Morgan fingerprint density at radius 3 is 1.45 bits per heavy atom. The number of hydrogen-bond acceptors (Lipinski definition) is 12. The van der Waals surface area contributed by atoms with Gasteiger partial charge in [0.2, 0.25) is 0 Å². The van der Waals surface area contributed by atoms with Crippen LogP contribution >= 0.6 is 0 Å². The van der Waals surface area contributed by atoms with Crippen LogP contribution in [0.5, 0.6) is 0 Å². The van der Waals surface area contributed by atoms with E-state index in [0.717, 1.165) is 30.7 Å². The van der Waals surface area contributed by atoms with Gasteiger partial charge in [-0.3, -0.25) is 0 Å². The van der Waals surface area contributed by atoms with Gasteiger partial charge in [-0.1, -0.05) is 112 Å². The molecule has 0 unspecified atom stereocenters. The van der Waals surface area contributed by atoms with Crippen LogP contribution in [0, 0.1) is 16.2 Å². The van der Waals surface area contributed by atoms with Crippen molar-refractivity contribution in [1.82, 2.24) is 0 Å². The molecule has 0 aromatic heterocycles. The fourth-order valence-electron chi connectivity index (χ4n) is 4.49. The zero-order chi connectivity index (χ0) is 34.4. The molecule has 0 saturated carbocycles. The first-order chi connectivity index (χ1) is 22.4. The van der Waals surface area contributed by atoms with Crippen molar-refractivity contribution in [2.45, 2.75) is 20.8 Å². The number of benzene rings is 3. The first kappa shape index (κ1) is 46.0. The summed E-state index contributed by atoms with van der Waals surface area (Å²) >= 11 is 0. The number of fused-ring (bicyclic) bond motifs is 3. The third-order valence-electron chi connectivity index (χ3n) is 8.02. The molecule has 7 N–H and O–H groups in total. The van der Waals surface area contributed by atoms with Gasteiger partial charge in [-0.15, -0.1) is 5.46 Å². The standard InChI is InChI=1S/C11H14BO3.C11H15BO3.C6H7BO2.C5H12O3.K.H2O/c1-11-7-13-12(14-8-11,15-9-11)10-5-3-2-4-6-10;1-11(7-13)8-14-12(15-9-11)10-5-3-2-4-6-10;8-7(9)6-4-2-1-3-5-6;1-5(2-6,3-7)4-8;;/h2-6H,7-9H2,1H3;2-6,13H,7-9H2,1H3;1-5,8-9H;6-8H,2-4H2,1H3;;1H2/q-1;;;;+1;/p-1. The molecule has 3 aromatic rings. The van der Waals surface area contributed by atoms with Gasteiger partial charge in [0.05, 0.1) is 26.4 Å². The predicted octanol–water partition coefficient (Wildman–Crippen LogP) is -3.49.